The number of esters is 1. The van der Waals surface area contributed by atoms with Crippen molar-refractivity contribution < 1.29 is 9.53 Å². The van der Waals surface area contributed by atoms with Crippen LogP contribution in [0.4, 0.5) is 5.82 Å². The lowest BCUT2D eigenvalue weighted by Gasteiger charge is -2.31. The highest BCUT2D eigenvalue weighted by Crippen LogP contribution is 2.28. The quantitative estimate of drug-likeness (QED) is 0.673. The van der Waals surface area contributed by atoms with Gasteiger partial charge in [0, 0.05) is 19.1 Å². The van der Waals surface area contributed by atoms with Crippen LogP contribution in [0.3, 0.4) is 0 Å². The van der Waals surface area contributed by atoms with Crippen molar-refractivity contribution >= 4 is 33.3 Å². The predicted molar refractivity (Wildman–Crippen MR) is 101 cm³/mol. The number of carbonyl (C=O) groups is 1. The Bertz CT molecular complexity index is 705. The molecule has 0 aromatic carbocycles. The summed E-state index contributed by atoms with van der Waals surface area (Å²) in [5.41, 5.74) is 0. The van der Waals surface area contributed by atoms with E-state index in [1.807, 2.05) is 12.3 Å². The smallest absolute Gasteiger partial charge is 0.307 e. The fourth-order valence-electron chi connectivity index (χ4n) is 3.54. The van der Waals surface area contributed by atoms with Crippen LogP contribution in [0.5, 0.6) is 0 Å². The van der Waals surface area contributed by atoms with Gasteiger partial charge in [-0.05, 0) is 44.3 Å². The highest BCUT2D eigenvalue weighted by Gasteiger charge is 2.26. The largest absolute Gasteiger partial charge is 0.466 e. The minimum Gasteiger partial charge on any atom is -0.466 e. The normalized spacial score (nSPS) is 17.9. The van der Waals surface area contributed by atoms with Crippen molar-refractivity contribution in [3.8, 4) is 0 Å². The zero-order valence-electron chi connectivity index (χ0n) is 15.0. The van der Waals surface area contributed by atoms with Crippen LogP contribution in [0.15, 0.2) is 17.8 Å². The molecule has 1 aliphatic rings. The summed E-state index contributed by atoms with van der Waals surface area (Å²) in [5, 5.41) is 3.11. The van der Waals surface area contributed by atoms with E-state index >= 15 is 0 Å². The number of ether oxygens (including phenoxy) is 1. The molecule has 2 aromatic rings. The number of likely N-dealkylation sites (tertiary alicyclic amines) is 1. The molecule has 0 aliphatic carbocycles. The molecule has 0 radical (unpaired) electrons. The molecule has 0 saturated carbocycles. The third kappa shape index (κ3) is 4.27. The Hall–Kier alpha value is -1.73. The number of anilines is 1. The summed E-state index contributed by atoms with van der Waals surface area (Å²) in [6.07, 6.45) is 4.43. The standard InChI is InChI=1S/C18H26N4O2S/c1-3-21-9-5-6-14(21)12-22(10-7-16(23)24-4-2)17-15-8-11-25-18(15)20-13-19-17/h8,11,13-14H,3-7,9-10,12H2,1-2H3/t14-/m1/s1. The highest BCUT2D eigenvalue weighted by atomic mass is 32.1. The summed E-state index contributed by atoms with van der Waals surface area (Å²) in [7, 11) is 0. The molecule has 1 fully saturated rings. The number of carbonyl (C=O) groups excluding carboxylic acids is 1. The Morgan fingerprint density at radius 3 is 3.12 bits per heavy atom. The summed E-state index contributed by atoms with van der Waals surface area (Å²) in [5.74, 6) is 0.778. The van der Waals surface area contributed by atoms with Crippen LogP contribution in [0.25, 0.3) is 10.2 Å². The van der Waals surface area contributed by atoms with Gasteiger partial charge in [0.15, 0.2) is 0 Å². The highest BCUT2D eigenvalue weighted by molar-refractivity contribution is 7.16. The van der Waals surface area contributed by atoms with Gasteiger partial charge in [-0.1, -0.05) is 6.92 Å². The van der Waals surface area contributed by atoms with Gasteiger partial charge >= 0.3 is 5.97 Å². The van der Waals surface area contributed by atoms with E-state index in [-0.39, 0.29) is 5.97 Å². The van der Waals surface area contributed by atoms with Crippen LogP contribution in [0.2, 0.25) is 0 Å². The predicted octanol–water partition coefficient (Wildman–Crippen LogP) is 2.94. The zero-order valence-corrected chi connectivity index (χ0v) is 15.8. The molecule has 7 heteroatoms. The van der Waals surface area contributed by atoms with E-state index in [0.29, 0.717) is 25.6 Å². The minimum absolute atomic E-state index is 0.151. The van der Waals surface area contributed by atoms with E-state index in [0.717, 1.165) is 35.7 Å². The molecule has 0 bridgehead atoms. The van der Waals surface area contributed by atoms with Crippen LogP contribution in [0, 0.1) is 0 Å². The van der Waals surface area contributed by atoms with E-state index in [4.69, 9.17) is 4.74 Å². The number of rotatable bonds is 8. The molecule has 3 rings (SSSR count). The van der Waals surface area contributed by atoms with Gasteiger partial charge in [-0.3, -0.25) is 9.69 Å². The molecule has 1 aliphatic heterocycles. The Balaban J connectivity index is 1.81. The van der Waals surface area contributed by atoms with Crippen LogP contribution in [-0.2, 0) is 9.53 Å². The first-order valence-electron chi connectivity index (χ1n) is 9.05. The van der Waals surface area contributed by atoms with E-state index in [1.54, 1.807) is 17.7 Å². The Labute approximate surface area is 152 Å². The third-order valence-corrected chi connectivity index (χ3v) is 5.59. The fraction of sp³-hybridized carbons (Fsp3) is 0.611. The summed E-state index contributed by atoms with van der Waals surface area (Å²) in [6.45, 7) is 8.20. The first-order valence-corrected chi connectivity index (χ1v) is 9.93. The van der Waals surface area contributed by atoms with Gasteiger partial charge in [-0.15, -0.1) is 11.3 Å². The van der Waals surface area contributed by atoms with E-state index in [2.05, 4.69) is 32.8 Å². The van der Waals surface area contributed by atoms with Crippen molar-refractivity contribution in [1.82, 2.24) is 14.9 Å². The van der Waals surface area contributed by atoms with Gasteiger partial charge in [0.2, 0.25) is 0 Å². The van der Waals surface area contributed by atoms with Gasteiger partial charge in [0.05, 0.1) is 18.4 Å². The van der Waals surface area contributed by atoms with Crippen molar-refractivity contribution in [2.75, 3.05) is 37.7 Å². The molecular formula is C18H26N4O2S. The number of likely N-dealkylation sites (N-methyl/N-ethyl adjacent to an activating group) is 1. The van der Waals surface area contributed by atoms with Gasteiger partial charge in [-0.25, -0.2) is 9.97 Å². The van der Waals surface area contributed by atoms with Crippen LogP contribution >= 0.6 is 11.3 Å². The first kappa shape index (κ1) is 18.1. The molecule has 1 saturated heterocycles. The van der Waals surface area contributed by atoms with Crippen LogP contribution in [0.1, 0.15) is 33.1 Å². The molecular weight excluding hydrogens is 336 g/mol. The Kier molecular flexibility index (Phi) is 6.20. The maximum absolute atomic E-state index is 11.9. The zero-order chi connectivity index (χ0) is 17.6. The minimum atomic E-state index is -0.151. The third-order valence-electron chi connectivity index (χ3n) is 4.77. The SMILES string of the molecule is CCOC(=O)CCN(C[C@H]1CCCN1CC)c1ncnc2sccc12. The molecule has 6 nitrogen and oxygen atoms in total. The van der Waals surface area contributed by atoms with Gasteiger partial charge in [0.25, 0.3) is 0 Å². The average Bonchev–Trinajstić information content (AvgIpc) is 3.27. The second-order valence-corrected chi connectivity index (χ2v) is 7.16. The summed E-state index contributed by atoms with van der Waals surface area (Å²) in [4.78, 5) is 26.5. The number of fused-ring (bicyclic) bond motifs is 1. The first-order chi connectivity index (χ1) is 12.2. The topological polar surface area (TPSA) is 58.6 Å². The molecule has 0 amide bonds. The van der Waals surface area contributed by atoms with Crippen LogP contribution < -0.4 is 4.90 Å². The maximum Gasteiger partial charge on any atom is 0.307 e. The number of thiophene rings is 1. The molecule has 2 aromatic heterocycles. The molecule has 3 heterocycles. The van der Waals surface area contributed by atoms with Crippen molar-refractivity contribution in [3.05, 3.63) is 17.8 Å². The van der Waals surface area contributed by atoms with Crippen molar-refractivity contribution in [3.63, 3.8) is 0 Å². The number of aromatic nitrogens is 2. The Morgan fingerprint density at radius 1 is 1.44 bits per heavy atom. The second kappa shape index (κ2) is 8.58. The number of nitrogens with zero attached hydrogens (tertiary/aromatic N) is 4. The van der Waals surface area contributed by atoms with Gasteiger partial charge in [0.1, 0.15) is 17.0 Å². The van der Waals surface area contributed by atoms with E-state index in [1.165, 1.54) is 12.8 Å². The molecule has 0 spiro atoms. The lowest BCUT2D eigenvalue weighted by atomic mass is 10.2. The second-order valence-electron chi connectivity index (χ2n) is 6.26. The van der Waals surface area contributed by atoms with Crippen LogP contribution in [-0.4, -0.2) is 59.7 Å². The average molecular weight is 362 g/mol. The van der Waals surface area contributed by atoms with Crippen molar-refractivity contribution in [1.29, 1.82) is 0 Å². The number of hydrogen-bond acceptors (Lipinski definition) is 7. The van der Waals surface area contributed by atoms with Gasteiger partial charge in [-0.2, -0.15) is 0 Å². The Morgan fingerprint density at radius 2 is 2.32 bits per heavy atom. The van der Waals surface area contributed by atoms with E-state index < -0.39 is 0 Å². The monoisotopic (exact) mass is 362 g/mol. The summed E-state index contributed by atoms with van der Waals surface area (Å²) >= 11 is 1.62. The molecule has 0 N–H and O–H groups in total. The lowest BCUT2D eigenvalue weighted by Crippen LogP contribution is -2.41. The molecule has 0 unspecified atom stereocenters. The molecule has 1 atom stereocenters. The van der Waals surface area contributed by atoms with E-state index in [9.17, 15) is 4.79 Å². The lowest BCUT2D eigenvalue weighted by molar-refractivity contribution is -0.142. The summed E-state index contributed by atoms with van der Waals surface area (Å²) in [6, 6.07) is 2.58. The maximum atomic E-state index is 11.9. The molecule has 136 valence electrons. The van der Waals surface area contributed by atoms with Gasteiger partial charge < -0.3 is 9.64 Å². The van der Waals surface area contributed by atoms with Crippen molar-refractivity contribution in [2.24, 2.45) is 0 Å². The number of hydrogen-bond donors (Lipinski definition) is 0. The fourth-order valence-corrected chi connectivity index (χ4v) is 4.27. The summed E-state index contributed by atoms with van der Waals surface area (Å²) < 4.78 is 5.11. The molecule has 25 heavy (non-hydrogen) atoms. The van der Waals surface area contributed by atoms with Crippen molar-refractivity contribution in [2.45, 2.75) is 39.2 Å².